The fourth-order valence-electron chi connectivity index (χ4n) is 3.17. The molecule has 1 aliphatic carbocycles. The first-order valence-corrected chi connectivity index (χ1v) is 7.69. The normalized spacial score (nSPS) is 26.2. The van der Waals surface area contributed by atoms with Crippen LogP contribution in [0.3, 0.4) is 0 Å². The van der Waals surface area contributed by atoms with Crippen molar-refractivity contribution in [2.45, 2.75) is 58.4 Å². The van der Waals surface area contributed by atoms with Gasteiger partial charge >= 0.3 is 0 Å². The maximum atomic E-state index is 5.63. The number of ether oxygens (including phenoxy) is 1. The highest BCUT2D eigenvalue weighted by Gasteiger charge is 2.47. The van der Waals surface area contributed by atoms with Crippen LogP contribution in [0.5, 0.6) is 5.75 Å². The monoisotopic (exact) mass is 275 g/mol. The van der Waals surface area contributed by atoms with E-state index in [1.54, 1.807) is 7.11 Å². The molecule has 1 saturated carbocycles. The number of nitrogens with one attached hydrogen (secondary N) is 1. The van der Waals surface area contributed by atoms with Crippen LogP contribution in [0.4, 0.5) is 0 Å². The van der Waals surface area contributed by atoms with Crippen LogP contribution in [-0.4, -0.2) is 19.2 Å². The van der Waals surface area contributed by atoms with E-state index in [9.17, 15) is 0 Å². The zero-order chi connectivity index (χ0) is 15.0. The first-order chi connectivity index (χ1) is 9.28. The summed E-state index contributed by atoms with van der Waals surface area (Å²) in [5.41, 5.74) is 3.08. The fraction of sp³-hybridized carbons (Fsp3) is 0.667. The van der Waals surface area contributed by atoms with Gasteiger partial charge in [0.05, 0.1) is 7.11 Å². The van der Waals surface area contributed by atoms with Crippen molar-refractivity contribution in [3.05, 3.63) is 29.3 Å². The first-order valence-electron chi connectivity index (χ1n) is 7.69. The minimum Gasteiger partial charge on any atom is -0.496 e. The van der Waals surface area contributed by atoms with Gasteiger partial charge in [0.1, 0.15) is 5.75 Å². The van der Waals surface area contributed by atoms with E-state index >= 15 is 0 Å². The summed E-state index contributed by atoms with van der Waals surface area (Å²) in [4.78, 5) is 0. The van der Waals surface area contributed by atoms with Gasteiger partial charge < -0.3 is 10.1 Å². The van der Waals surface area contributed by atoms with E-state index in [-0.39, 0.29) is 11.0 Å². The van der Waals surface area contributed by atoms with E-state index in [1.807, 2.05) is 0 Å². The highest BCUT2D eigenvalue weighted by Crippen LogP contribution is 2.51. The Labute approximate surface area is 123 Å². The lowest BCUT2D eigenvalue weighted by molar-refractivity contribution is 0.120. The van der Waals surface area contributed by atoms with E-state index in [1.165, 1.54) is 24.0 Å². The van der Waals surface area contributed by atoms with Crippen molar-refractivity contribution in [3.8, 4) is 5.75 Å². The van der Waals surface area contributed by atoms with Crippen molar-refractivity contribution < 1.29 is 4.74 Å². The first kappa shape index (κ1) is 15.4. The number of benzene rings is 1. The standard InChI is InChI=1S/C18H29NO/c1-13-7-8-16(20-6)15(11-13)18(10-9-14(18)2)12-19-17(3,4)5/h7-8,11,14,19H,9-10,12H2,1-6H3. The van der Waals surface area contributed by atoms with Crippen LogP contribution in [-0.2, 0) is 5.41 Å². The van der Waals surface area contributed by atoms with Gasteiger partial charge in [0.25, 0.3) is 0 Å². The van der Waals surface area contributed by atoms with Gasteiger partial charge in [-0.05, 0) is 52.5 Å². The topological polar surface area (TPSA) is 21.3 Å². The maximum Gasteiger partial charge on any atom is 0.122 e. The Morgan fingerprint density at radius 2 is 2.05 bits per heavy atom. The van der Waals surface area contributed by atoms with E-state index in [4.69, 9.17) is 4.74 Å². The minimum atomic E-state index is 0.152. The Bertz CT molecular complexity index is 475. The van der Waals surface area contributed by atoms with Crippen LogP contribution < -0.4 is 10.1 Å². The van der Waals surface area contributed by atoms with Crippen molar-refractivity contribution in [2.24, 2.45) is 5.92 Å². The highest BCUT2D eigenvalue weighted by atomic mass is 16.5. The predicted octanol–water partition coefficient (Wildman–Crippen LogP) is 4.06. The Morgan fingerprint density at radius 1 is 1.35 bits per heavy atom. The zero-order valence-electron chi connectivity index (χ0n) is 13.8. The van der Waals surface area contributed by atoms with Crippen molar-refractivity contribution in [1.29, 1.82) is 0 Å². The molecule has 1 N–H and O–H groups in total. The van der Waals surface area contributed by atoms with Crippen LogP contribution in [0, 0.1) is 12.8 Å². The summed E-state index contributed by atoms with van der Waals surface area (Å²) >= 11 is 0. The smallest absolute Gasteiger partial charge is 0.122 e. The third-order valence-corrected chi connectivity index (χ3v) is 4.79. The number of aryl methyl sites for hydroxylation is 1. The molecule has 2 atom stereocenters. The fourth-order valence-corrected chi connectivity index (χ4v) is 3.17. The van der Waals surface area contributed by atoms with Gasteiger partial charge in [-0.15, -0.1) is 0 Å². The SMILES string of the molecule is COc1ccc(C)cc1C1(CNC(C)(C)C)CCC1C. The summed E-state index contributed by atoms with van der Waals surface area (Å²) in [6.07, 6.45) is 2.56. The summed E-state index contributed by atoms with van der Waals surface area (Å²) in [5.74, 6) is 1.74. The third-order valence-electron chi connectivity index (χ3n) is 4.79. The summed E-state index contributed by atoms with van der Waals surface area (Å²) in [6.45, 7) is 12.3. The lowest BCUT2D eigenvalue weighted by Crippen LogP contribution is -2.54. The van der Waals surface area contributed by atoms with Gasteiger partial charge in [0, 0.05) is 23.1 Å². The Morgan fingerprint density at radius 3 is 2.50 bits per heavy atom. The molecule has 0 spiro atoms. The lowest BCUT2D eigenvalue weighted by atomic mass is 9.57. The second kappa shape index (κ2) is 5.40. The van der Waals surface area contributed by atoms with Crippen LogP contribution in [0.1, 0.15) is 51.7 Å². The van der Waals surface area contributed by atoms with Gasteiger partial charge in [0.15, 0.2) is 0 Å². The van der Waals surface area contributed by atoms with Crippen LogP contribution in [0.15, 0.2) is 18.2 Å². The molecule has 0 bridgehead atoms. The Kier molecular flexibility index (Phi) is 4.15. The summed E-state index contributed by atoms with van der Waals surface area (Å²) in [6, 6.07) is 6.57. The van der Waals surface area contributed by atoms with Gasteiger partial charge in [-0.2, -0.15) is 0 Å². The second-order valence-corrected chi connectivity index (χ2v) is 7.40. The second-order valence-electron chi connectivity index (χ2n) is 7.40. The number of hydrogen-bond acceptors (Lipinski definition) is 2. The molecule has 0 amide bonds. The average molecular weight is 275 g/mol. The van der Waals surface area contributed by atoms with Crippen LogP contribution >= 0.6 is 0 Å². The maximum absolute atomic E-state index is 5.63. The summed E-state index contributed by atoms with van der Waals surface area (Å²) in [5, 5.41) is 3.71. The lowest BCUT2D eigenvalue weighted by Gasteiger charge is -2.50. The highest BCUT2D eigenvalue weighted by molar-refractivity contribution is 5.44. The van der Waals surface area contributed by atoms with Crippen molar-refractivity contribution in [2.75, 3.05) is 13.7 Å². The minimum absolute atomic E-state index is 0.152. The molecule has 0 aromatic heterocycles. The van der Waals surface area contributed by atoms with Gasteiger partial charge in [-0.25, -0.2) is 0 Å². The average Bonchev–Trinajstić information content (AvgIpc) is 2.36. The number of rotatable bonds is 4. The van der Waals surface area contributed by atoms with Crippen molar-refractivity contribution in [3.63, 3.8) is 0 Å². The molecule has 20 heavy (non-hydrogen) atoms. The van der Waals surface area contributed by atoms with Crippen molar-refractivity contribution in [1.82, 2.24) is 5.32 Å². The van der Waals surface area contributed by atoms with Gasteiger partial charge in [0.2, 0.25) is 0 Å². The Hall–Kier alpha value is -1.02. The molecule has 112 valence electrons. The molecule has 2 rings (SSSR count). The number of hydrogen-bond donors (Lipinski definition) is 1. The molecule has 2 heteroatoms. The third kappa shape index (κ3) is 2.85. The van der Waals surface area contributed by atoms with Crippen LogP contribution in [0.25, 0.3) is 0 Å². The van der Waals surface area contributed by atoms with E-state index < -0.39 is 0 Å². The predicted molar refractivity (Wildman–Crippen MR) is 85.6 cm³/mol. The van der Waals surface area contributed by atoms with E-state index in [0.717, 1.165) is 12.3 Å². The summed E-state index contributed by atoms with van der Waals surface area (Å²) < 4.78 is 5.63. The Balaban J connectivity index is 2.36. The molecule has 2 unspecified atom stereocenters. The molecule has 1 fully saturated rings. The van der Waals surface area contributed by atoms with E-state index in [2.05, 4.69) is 58.1 Å². The quantitative estimate of drug-likeness (QED) is 0.894. The molecular weight excluding hydrogens is 246 g/mol. The van der Waals surface area contributed by atoms with E-state index in [0.29, 0.717) is 5.92 Å². The molecule has 1 aliphatic rings. The zero-order valence-corrected chi connectivity index (χ0v) is 13.8. The molecule has 0 radical (unpaired) electrons. The molecule has 1 aromatic carbocycles. The van der Waals surface area contributed by atoms with Gasteiger partial charge in [-0.3, -0.25) is 0 Å². The van der Waals surface area contributed by atoms with Gasteiger partial charge in [-0.1, -0.05) is 24.6 Å². The molecule has 0 heterocycles. The largest absolute Gasteiger partial charge is 0.496 e. The summed E-state index contributed by atoms with van der Waals surface area (Å²) in [7, 11) is 1.78. The van der Waals surface area contributed by atoms with Crippen molar-refractivity contribution >= 4 is 0 Å². The molecule has 2 nitrogen and oxygen atoms in total. The molecule has 0 aliphatic heterocycles. The molecular formula is C18H29NO. The number of methoxy groups -OCH3 is 1. The molecule has 1 aromatic rings. The molecule has 0 saturated heterocycles. The van der Waals surface area contributed by atoms with Crippen LogP contribution in [0.2, 0.25) is 0 Å².